The monoisotopic (exact) mass is 297 g/mol. The number of hydrogen-bond donors (Lipinski definition) is 1. The van der Waals surface area contributed by atoms with Crippen molar-refractivity contribution in [1.82, 2.24) is 0 Å². The Morgan fingerprint density at radius 1 is 1.30 bits per heavy atom. The van der Waals surface area contributed by atoms with Gasteiger partial charge in [-0.2, -0.15) is 0 Å². The van der Waals surface area contributed by atoms with Crippen LogP contribution in [0.3, 0.4) is 0 Å². The number of para-hydroxylation sites is 1. The Hall–Kier alpha value is -1.07. The number of nitrogens with zero attached hydrogens (tertiary/aromatic N) is 1. The Kier molecular flexibility index (Phi) is 4.70. The third-order valence-electron chi connectivity index (χ3n) is 4.14. The first kappa shape index (κ1) is 15.3. The van der Waals surface area contributed by atoms with E-state index in [0.29, 0.717) is 10.8 Å². The first-order valence-corrected chi connectivity index (χ1v) is 8.85. The topological polar surface area (TPSA) is 57.6 Å². The highest BCUT2D eigenvalue weighted by Gasteiger charge is 2.26. The van der Waals surface area contributed by atoms with Crippen molar-refractivity contribution in [3.63, 3.8) is 0 Å². The van der Waals surface area contributed by atoms with Gasteiger partial charge in [-0.15, -0.1) is 0 Å². The Labute approximate surface area is 121 Å². The molecule has 1 heterocycles. The van der Waals surface area contributed by atoms with Crippen LogP contribution in [0.15, 0.2) is 29.2 Å². The van der Waals surface area contributed by atoms with Crippen molar-refractivity contribution in [2.24, 2.45) is 5.92 Å². The lowest BCUT2D eigenvalue weighted by Gasteiger charge is -2.35. The van der Waals surface area contributed by atoms with Crippen LogP contribution >= 0.6 is 0 Å². The molecule has 1 aliphatic rings. The highest BCUT2D eigenvalue weighted by atomic mass is 32.2. The first-order chi connectivity index (χ1) is 9.45. The number of sulfone groups is 1. The van der Waals surface area contributed by atoms with Crippen LogP contribution in [0.1, 0.15) is 26.7 Å². The number of hydrogen-bond acceptors (Lipinski definition) is 4. The summed E-state index contributed by atoms with van der Waals surface area (Å²) in [4.78, 5) is 2.56. The Balaban J connectivity index is 2.23. The molecule has 20 heavy (non-hydrogen) atoms. The van der Waals surface area contributed by atoms with Gasteiger partial charge in [0, 0.05) is 13.1 Å². The third kappa shape index (κ3) is 3.15. The summed E-state index contributed by atoms with van der Waals surface area (Å²) in [5.74, 6) is 0.440. The lowest BCUT2D eigenvalue weighted by atomic mass is 9.92. The van der Waals surface area contributed by atoms with E-state index >= 15 is 0 Å². The molecule has 0 spiro atoms. The molecule has 1 unspecified atom stereocenters. The highest BCUT2D eigenvalue weighted by molar-refractivity contribution is 7.91. The largest absolute Gasteiger partial charge is 0.393 e. The Morgan fingerprint density at radius 3 is 2.45 bits per heavy atom. The van der Waals surface area contributed by atoms with Crippen LogP contribution in [0, 0.1) is 5.92 Å². The van der Waals surface area contributed by atoms with Crippen molar-refractivity contribution in [3.05, 3.63) is 24.3 Å². The van der Waals surface area contributed by atoms with Gasteiger partial charge in [0.05, 0.1) is 22.4 Å². The van der Waals surface area contributed by atoms with Crippen molar-refractivity contribution in [2.75, 3.05) is 23.7 Å². The van der Waals surface area contributed by atoms with Crippen molar-refractivity contribution in [3.8, 4) is 0 Å². The quantitative estimate of drug-likeness (QED) is 0.924. The molecule has 1 aliphatic heterocycles. The maximum Gasteiger partial charge on any atom is 0.180 e. The molecular formula is C15H23NO3S. The van der Waals surface area contributed by atoms with E-state index in [1.165, 1.54) is 0 Å². The molecule has 5 heteroatoms. The zero-order valence-corrected chi connectivity index (χ0v) is 12.9. The summed E-state index contributed by atoms with van der Waals surface area (Å²) in [5, 5.41) is 9.64. The standard InChI is InChI=1S/C15H23NO3S/c1-3-20(18,19)15-7-5-4-6-14(15)16-10-8-13(9-11-16)12(2)17/h4-7,12-13,17H,3,8-11H2,1-2H3. The molecule has 4 nitrogen and oxygen atoms in total. The molecule has 1 fully saturated rings. The molecule has 1 N–H and O–H groups in total. The van der Waals surface area contributed by atoms with E-state index in [-0.39, 0.29) is 11.9 Å². The van der Waals surface area contributed by atoms with Gasteiger partial charge in [-0.05, 0) is 37.8 Å². The average Bonchev–Trinajstić information content (AvgIpc) is 2.47. The first-order valence-electron chi connectivity index (χ1n) is 7.20. The minimum Gasteiger partial charge on any atom is -0.393 e. The van der Waals surface area contributed by atoms with Crippen LogP contribution in [0.25, 0.3) is 0 Å². The van der Waals surface area contributed by atoms with Crippen LogP contribution in [-0.2, 0) is 9.84 Å². The molecule has 0 aromatic heterocycles. The Morgan fingerprint density at radius 2 is 1.90 bits per heavy atom. The number of aliphatic hydroxyl groups is 1. The molecule has 1 saturated heterocycles. The summed E-state index contributed by atoms with van der Waals surface area (Å²) in [7, 11) is -3.20. The fraction of sp³-hybridized carbons (Fsp3) is 0.600. The molecule has 112 valence electrons. The zero-order chi connectivity index (χ0) is 14.8. The SMILES string of the molecule is CCS(=O)(=O)c1ccccc1N1CCC(C(C)O)CC1. The van der Waals surface area contributed by atoms with Gasteiger partial charge >= 0.3 is 0 Å². The second-order valence-corrected chi connectivity index (χ2v) is 7.68. The predicted molar refractivity (Wildman–Crippen MR) is 80.8 cm³/mol. The van der Waals surface area contributed by atoms with Crippen molar-refractivity contribution < 1.29 is 13.5 Å². The second-order valence-electron chi connectivity index (χ2n) is 5.44. The van der Waals surface area contributed by atoms with Gasteiger partial charge in [0.2, 0.25) is 0 Å². The molecule has 1 aromatic carbocycles. The van der Waals surface area contributed by atoms with Gasteiger partial charge in [-0.1, -0.05) is 19.1 Å². The van der Waals surface area contributed by atoms with Crippen molar-refractivity contribution in [1.29, 1.82) is 0 Å². The average molecular weight is 297 g/mol. The number of rotatable bonds is 4. The molecular weight excluding hydrogens is 274 g/mol. The summed E-state index contributed by atoms with van der Waals surface area (Å²) in [6.45, 7) is 5.10. The number of benzene rings is 1. The molecule has 0 radical (unpaired) electrons. The molecule has 1 aromatic rings. The summed E-state index contributed by atoms with van der Waals surface area (Å²) in [6.07, 6.45) is 1.52. The van der Waals surface area contributed by atoms with E-state index in [4.69, 9.17) is 0 Å². The van der Waals surface area contributed by atoms with Crippen molar-refractivity contribution >= 4 is 15.5 Å². The van der Waals surface area contributed by atoms with E-state index in [1.807, 2.05) is 19.1 Å². The number of piperidine rings is 1. The highest BCUT2D eigenvalue weighted by Crippen LogP contribution is 2.30. The lowest BCUT2D eigenvalue weighted by Crippen LogP contribution is -2.37. The van der Waals surface area contributed by atoms with E-state index in [0.717, 1.165) is 31.6 Å². The van der Waals surface area contributed by atoms with Gasteiger partial charge in [0.1, 0.15) is 0 Å². The molecule has 0 saturated carbocycles. The zero-order valence-electron chi connectivity index (χ0n) is 12.1. The van der Waals surface area contributed by atoms with E-state index in [2.05, 4.69) is 4.90 Å². The van der Waals surface area contributed by atoms with Gasteiger partial charge in [-0.3, -0.25) is 0 Å². The van der Waals surface area contributed by atoms with Crippen LogP contribution in [0.4, 0.5) is 5.69 Å². The van der Waals surface area contributed by atoms with Crippen molar-refractivity contribution in [2.45, 2.75) is 37.7 Å². The van der Waals surface area contributed by atoms with E-state index in [1.54, 1.807) is 19.1 Å². The number of aliphatic hydroxyl groups excluding tert-OH is 1. The summed E-state index contributed by atoms with van der Waals surface area (Å²) < 4.78 is 24.3. The van der Waals surface area contributed by atoms with Crippen LogP contribution < -0.4 is 4.90 Å². The minimum absolute atomic E-state index is 0.119. The molecule has 2 rings (SSSR count). The Bertz CT molecular complexity index is 546. The maximum atomic E-state index is 12.2. The minimum atomic E-state index is -3.20. The fourth-order valence-electron chi connectivity index (χ4n) is 2.76. The van der Waals surface area contributed by atoms with Gasteiger partial charge < -0.3 is 10.0 Å². The smallest absolute Gasteiger partial charge is 0.180 e. The second kappa shape index (κ2) is 6.14. The molecule has 0 amide bonds. The normalized spacial score (nSPS) is 19.1. The summed E-state index contributed by atoms with van der Waals surface area (Å²) in [5.41, 5.74) is 0.804. The molecule has 0 aliphatic carbocycles. The van der Waals surface area contributed by atoms with E-state index < -0.39 is 9.84 Å². The van der Waals surface area contributed by atoms with E-state index in [9.17, 15) is 13.5 Å². The fourth-order valence-corrected chi connectivity index (χ4v) is 3.87. The van der Waals surface area contributed by atoms with Crippen LogP contribution in [-0.4, -0.2) is 38.5 Å². The summed E-state index contributed by atoms with van der Waals surface area (Å²) in [6, 6.07) is 7.22. The van der Waals surface area contributed by atoms with Gasteiger partial charge in [0.15, 0.2) is 9.84 Å². The van der Waals surface area contributed by atoms with Gasteiger partial charge in [-0.25, -0.2) is 8.42 Å². The van der Waals surface area contributed by atoms with Crippen LogP contribution in [0.5, 0.6) is 0 Å². The molecule has 0 bridgehead atoms. The van der Waals surface area contributed by atoms with Gasteiger partial charge in [0.25, 0.3) is 0 Å². The third-order valence-corrected chi connectivity index (χ3v) is 5.92. The lowest BCUT2D eigenvalue weighted by molar-refractivity contribution is 0.110. The predicted octanol–water partition coefficient (Wildman–Crippen LogP) is 2.08. The summed E-state index contributed by atoms with van der Waals surface area (Å²) >= 11 is 0. The molecule has 1 atom stereocenters. The number of anilines is 1. The van der Waals surface area contributed by atoms with Crippen LogP contribution in [0.2, 0.25) is 0 Å². The maximum absolute atomic E-state index is 12.2.